The van der Waals surface area contributed by atoms with E-state index in [1.54, 1.807) is 0 Å². The zero-order valence-electron chi connectivity index (χ0n) is 19.2. The maximum absolute atomic E-state index is 12.1. The minimum atomic E-state index is -0.435. The Morgan fingerprint density at radius 1 is 1.06 bits per heavy atom. The van der Waals surface area contributed by atoms with Crippen LogP contribution in [0.2, 0.25) is 0 Å². The Labute approximate surface area is 193 Å². The number of rotatable bonds is 7. The number of phenolic OH excluding ortho intramolecular Hbond substituents is 1. The van der Waals surface area contributed by atoms with E-state index in [0.29, 0.717) is 29.7 Å². The summed E-state index contributed by atoms with van der Waals surface area (Å²) in [7, 11) is 1.35. The smallest absolute Gasteiger partial charge is 0.336 e. The van der Waals surface area contributed by atoms with E-state index >= 15 is 0 Å². The summed E-state index contributed by atoms with van der Waals surface area (Å²) in [6, 6.07) is 13.7. The van der Waals surface area contributed by atoms with Gasteiger partial charge in [-0.15, -0.1) is 0 Å². The zero-order valence-corrected chi connectivity index (χ0v) is 19.2. The molecule has 7 nitrogen and oxygen atoms in total. The molecule has 1 N–H and O–H groups in total. The van der Waals surface area contributed by atoms with Gasteiger partial charge in [0.1, 0.15) is 11.3 Å². The van der Waals surface area contributed by atoms with Gasteiger partial charge in [-0.05, 0) is 36.1 Å². The first-order chi connectivity index (χ1) is 15.9. The van der Waals surface area contributed by atoms with Crippen molar-refractivity contribution in [3.8, 4) is 5.75 Å². The highest BCUT2D eigenvalue weighted by Gasteiger charge is 2.23. The number of piperazine rings is 1. The second-order valence-electron chi connectivity index (χ2n) is 8.60. The Hall–Kier alpha value is -3.16. The first kappa shape index (κ1) is 23.0. The number of fused-ring (bicyclic) bond motifs is 1. The molecule has 7 heteroatoms. The topological polar surface area (TPSA) is 83.2 Å². The van der Waals surface area contributed by atoms with Gasteiger partial charge in [-0.2, -0.15) is 0 Å². The van der Waals surface area contributed by atoms with Crippen molar-refractivity contribution in [1.29, 1.82) is 0 Å². The fraction of sp³-hybridized carbons (Fsp3) is 0.385. The van der Waals surface area contributed by atoms with Crippen LogP contribution in [0.4, 0.5) is 0 Å². The maximum Gasteiger partial charge on any atom is 0.336 e. The van der Waals surface area contributed by atoms with Crippen LogP contribution in [0.5, 0.6) is 5.75 Å². The summed E-state index contributed by atoms with van der Waals surface area (Å²) in [5, 5.41) is 11.9. The number of hydrogen-bond donors (Lipinski definition) is 1. The van der Waals surface area contributed by atoms with Crippen molar-refractivity contribution in [1.82, 2.24) is 9.80 Å². The molecule has 3 aromatic rings. The van der Waals surface area contributed by atoms with Gasteiger partial charge in [0, 0.05) is 57.1 Å². The number of benzene rings is 2. The van der Waals surface area contributed by atoms with Gasteiger partial charge in [0.05, 0.1) is 12.7 Å². The van der Waals surface area contributed by atoms with Gasteiger partial charge in [-0.1, -0.05) is 30.3 Å². The molecular formula is C26H30N2O5. The Balaban J connectivity index is 1.55. The second kappa shape index (κ2) is 10.2. The van der Waals surface area contributed by atoms with Crippen LogP contribution in [0.15, 0.2) is 51.7 Å². The monoisotopic (exact) mass is 450 g/mol. The molecule has 0 radical (unpaired) electrons. The van der Waals surface area contributed by atoms with E-state index in [1.807, 2.05) is 19.1 Å². The third-order valence-corrected chi connectivity index (χ3v) is 6.31. The summed E-state index contributed by atoms with van der Waals surface area (Å²) in [5.41, 5.74) is 3.33. The summed E-state index contributed by atoms with van der Waals surface area (Å²) in [4.78, 5) is 28.4. The first-order valence-corrected chi connectivity index (χ1v) is 11.3. The number of carbonyl (C=O) groups is 1. The lowest BCUT2D eigenvalue weighted by atomic mass is 9.98. The van der Waals surface area contributed by atoms with Crippen LogP contribution in [0.3, 0.4) is 0 Å². The van der Waals surface area contributed by atoms with Crippen LogP contribution >= 0.6 is 0 Å². The quantitative estimate of drug-likeness (QED) is 0.437. The Bertz CT molecular complexity index is 1180. The second-order valence-corrected chi connectivity index (χ2v) is 8.60. The van der Waals surface area contributed by atoms with Crippen molar-refractivity contribution < 1.29 is 19.1 Å². The molecule has 2 heterocycles. The Morgan fingerprint density at radius 3 is 2.39 bits per heavy atom. The fourth-order valence-corrected chi connectivity index (χ4v) is 4.41. The molecule has 1 aliphatic heterocycles. The summed E-state index contributed by atoms with van der Waals surface area (Å²) in [6.07, 6.45) is 0.522. The number of carbonyl (C=O) groups excluding carboxylic acids is 1. The molecule has 2 aromatic carbocycles. The van der Waals surface area contributed by atoms with E-state index in [1.165, 1.54) is 18.7 Å². The first-order valence-electron chi connectivity index (χ1n) is 11.3. The van der Waals surface area contributed by atoms with Crippen LogP contribution in [0.1, 0.15) is 28.7 Å². The van der Waals surface area contributed by atoms with Crippen molar-refractivity contribution in [3.05, 3.63) is 75.1 Å². The zero-order chi connectivity index (χ0) is 23.4. The van der Waals surface area contributed by atoms with Gasteiger partial charge < -0.3 is 14.3 Å². The van der Waals surface area contributed by atoms with Crippen molar-refractivity contribution >= 4 is 16.9 Å². The Kier molecular flexibility index (Phi) is 7.11. The number of aromatic hydroxyl groups is 1. The van der Waals surface area contributed by atoms with Crippen molar-refractivity contribution in [3.63, 3.8) is 0 Å². The molecular weight excluding hydrogens is 420 g/mol. The lowest BCUT2D eigenvalue weighted by molar-refractivity contribution is -0.140. The fourth-order valence-electron chi connectivity index (χ4n) is 4.41. The number of ether oxygens (including phenoxy) is 1. The third kappa shape index (κ3) is 5.43. The van der Waals surface area contributed by atoms with E-state index in [9.17, 15) is 14.7 Å². The molecule has 33 heavy (non-hydrogen) atoms. The average Bonchev–Trinajstić information content (AvgIpc) is 2.81. The number of aryl methyl sites for hydroxylation is 2. The lowest BCUT2D eigenvalue weighted by Gasteiger charge is -2.35. The summed E-state index contributed by atoms with van der Waals surface area (Å²) in [6.45, 7) is 6.76. The van der Waals surface area contributed by atoms with Gasteiger partial charge in [0.2, 0.25) is 0 Å². The van der Waals surface area contributed by atoms with Crippen molar-refractivity contribution in [2.75, 3.05) is 33.3 Å². The van der Waals surface area contributed by atoms with E-state index in [0.717, 1.165) is 43.7 Å². The highest BCUT2D eigenvalue weighted by atomic mass is 16.5. The van der Waals surface area contributed by atoms with E-state index < -0.39 is 5.63 Å². The van der Waals surface area contributed by atoms with Gasteiger partial charge in [0.25, 0.3) is 0 Å². The standard InChI is InChI=1S/C26H30N2O5/c1-18-14-24(30)33-26-21(18)15-20(8-9-23(29)32-2)25(31)22(26)17-28-12-10-27(11-13-28)16-19-6-4-3-5-7-19/h3-7,14-15,31H,8-13,16-17H2,1-2H3. The van der Waals surface area contributed by atoms with Gasteiger partial charge >= 0.3 is 11.6 Å². The molecule has 4 rings (SSSR count). The molecule has 174 valence electrons. The van der Waals surface area contributed by atoms with E-state index in [2.05, 4.69) is 34.1 Å². The summed E-state index contributed by atoms with van der Waals surface area (Å²) < 4.78 is 10.3. The highest BCUT2D eigenvalue weighted by molar-refractivity contribution is 5.86. The molecule has 0 amide bonds. The van der Waals surface area contributed by atoms with Crippen LogP contribution in [0.25, 0.3) is 11.0 Å². The number of esters is 1. The van der Waals surface area contributed by atoms with Gasteiger partial charge in [0.15, 0.2) is 0 Å². The van der Waals surface area contributed by atoms with Crippen LogP contribution < -0.4 is 5.63 Å². The molecule has 1 fully saturated rings. The predicted octanol–water partition coefficient (Wildman–Crippen LogP) is 3.23. The van der Waals surface area contributed by atoms with Crippen molar-refractivity contribution in [2.24, 2.45) is 0 Å². The minimum Gasteiger partial charge on any atom is -0.507 e. The highest BCUT2D eigenvalue weighted by Crippen LogP contribution is 2.34. The normalized spacial score (nSPS) is 15.1. The lowest BCUT2D eigenvalue weighted by Crippen LogP contribution is -2.45. The minimum absolute atomic E-state index is 0.0897. The summed E-state index contributed by atoms with van der Waals surface area (Å²) >= 11 is 0. The molecule has 0 spiro atoms. The SMILES string of the molecule is COC(=O)CCc1cc2c(C)cc(=O)oc2c(CN2CCN(Cc3ccccc3)CC2)c1O. The number of methoxy groups -OCH3 is 1. The number of nitrogens with zero attached hydrogens (tertiary/aromatic N) is 2. The molecule has 0 aliphatic carbocycles. The maximum atomic E-state index is 12.1. The predicted molar refractivity (Wildman–Crippen MR) is 126 cm³/mol. The molecule has 1 saturated heterocycles. The Morgan fingerprint density at radius 2 is 1.73 bits per heavy atom. The van der Waals surface area contributed by atoms with E-state index in [4.69, 9.17) is 9.15 Å². The molecule has 0 bridgehead atoms. The molecule has 0 unspecified atom stereocenters. The molecule has 1 aromatic heterocycles. The van der Waals surface area contributed by atoms with Crippen molar-refractivity contribution in [2.45, 2.75) is 32.9 Å². The number of phenols is 1. The van der Waals surface area contributed by atoms with Gasteiger partial charge in [-0.3, -0.25) is 14.6 Å². The molecule has 0 atom stereocenters. The average molecular weight is 451 g/mol. The molecule has 1 aliphatic rings. The third-order valence-electron chi connectivity index (χ3n) is 6.31. The van der Waals surface area contributed by atoms with E-state index in [-0.39, 0.29) is 18.1 Å². The number of hydrogen-bond acceptors (Lipinski definition) is 7. The molecule has 0 saturated carbocycles. The van der Waals surface area contributed by atoms with Gasteiger partial charge in [-0.25, -0.2) is 4.79 Å². The van der Waals surface area contributed by atoms with Crippen LogP contribution in [0, 0.1) is 6.92 Å². The summed E-state index contributed by atoms with van der Waals surface area (Å²) in [5.74, 6) is -0.242. The largest absolute Gasteiger partial charge is 0.507 e. The van der Waals surface area contributed by atoms with Crippen LogP contribution in [-0.2, 0) is 29.0 Å². The van der Waals surface area contributed by atoms with Crippen LogP contribution in [-0.4, -0.2) is 54.2 Å².